The van der Waals surface area contributed by atoms with Gasteiger partial charge in [-0.05, 0) is 22.9 Å². The van der Waals surface area contributed by atoms with Crippen molar-refractivity contribution < 1.29 is 9.32 Å². The molecule has 112 valence electrons. The van der Waals surface area contributed by atoms with E-state index in [1.165, 1.54) is 4.88 Å². The Morgan fingerprint density at radius 1 is 1.27 bits per heavy atom. The van der Waals surface area contributed by atoms with Crippen LogP contribution < -0.4 is 0 Å². The lowest BCUT2D eigenvalue weighted by Crippen LogP contribution is -2.23. The second kappa shape index (κ2) is 5.66. The molecule has 0 spiro atoms. The lowest BCUT2D eigenvalue weighted by atomic mass is 10.1. The predicted octanol–water partition coefficient (Wildman–Crippen LogP) is 3.38. The van der Waals surface area contributed by atoms with Crippen molar-refractivity contribution in [2.75, 3.05) is 6.54 Å². The fourth-order valence-corrected chi connectivity index (χ4v) is 3.95. The quantitative estimate of drug-likeness (QED) is 0.735. The summed E-state index contributed by atoms with van der Waals surface area (Å²) in [5, 5.41) is 8.07. The molecule has 1 aliphatic heterocycles. The Bertz CT molecular complexity index is 765. The first kappa shape index (κ1) is 13.7. The van der Waals surface area contributed by atoms with Crippen LogP contribution in [0.25, 0.3) is 10.8 Å². The summed E-state index contributed by atoms with van der Waals surface area (Å²) in [6, 6.07) is 7.95. The van der Waals surface area contributed by atoms with E-state index in [0.717, 1.165) is 4.88 Å². The van der Waals surface area contributed by atoms with Crippen molar-refractivity contribution in [2.45, 2.75) is 18.9 Å². The topological polar surface area (TPSA) is 59.2 Å². The number of thiophene rings is 2. The zero-order valence-electron chi connectivity index (χ0n) is 11.6. The number of carbonyl (C=O) groups excluding carboxylic acids is 1. The van der Waals surface area contributed by atoms with Crippen LogP contribution in [-0.2, 0) is 11.3 Å². The van der Waals surface area contributed by atoms with Crippen LogP contribution in [0.15, 0.2) is 39.5 Å². The number of likely N-dealkylation sites (tertiary alicyclic amines) is 1. The van der Waals surface area contributed by atoms with Gasteiger partial charge in [0.1, 0.15) is 0 Å². The molecule has 3 aromatic rings. The van der Waals surface area contributed by atoms with E-state index in [4.69, 9.17) is 4.52 Å². The van der Waals surface area contributed by atoms with Crippen molar-refractivity contribution in [3.8, 4) is 10.8 Å². The second-order valence-electron chi connectivity index (χ2n) is 5.19. The fraction of sp³-hybridized carbons (Fsp3) is 0.267. The van der Waals surface area contributed by atoms with Crippen molar-refractivity contribution in [1.82, 2.24) is 15.0 Å². The molecule has 1 atom stereocenters. The van der Waals surface area contributed by atoms with E-state index in [9.17, 15) is 4.79 Å². The van der Waals surface area contributed by atoms with Gasteiger partial charge in [0, 0.05) is 23.8 Å². The normalized spacial score (nSPS) is 18.3. The minimum atomic E-state index is 0.0184. The third-order valence-electron chi connectivity index (χ3n) is 3.68. The monoisotopic (exact) mass is 331 g/mol. The summed E-state index contributed by atoms with van der Waals surface area (Å²) >= 11 is 3.23. The summed E-state index contributed by atoms with van der Waals surface area (Å²) in [6.07, 6.45) is 0.453. The van der Waals surface area contributed by atoms with Crippen molar-refractivity contribution in [3.05, 3.63) is 45.7 Å². The van der Waals surface area contributed by atoms with Gasteiger partial charge in [-0.25, -0.2) is 0 Å². The molecule has 0 N–H and O–H groups in total. The van der Waals surface area contributed by atoms with E-state index < -0.39 is 0 Å². The molecule has 1 amide bonds. The summed E-state index contributed by atoms with van der Waals surface area (Å²) in [5.41, 5.74) is 0. The van der Waals surface area contributed by atoms with Crippen LogP contribution in [0.2, 0.25) is 0 Å². The molecule has 1 saturated heterocycles. The zero-order chi connectivity index (χ0) is 14.9. The Morgan fingerprint density at radius 2 is 2.14 bits per heavy atom. The highest BCUT2D eigenvalue weighted by atomic mass is 32.1. The maximum atomic E-state index is 12.2. The second-order valence-corrected chi connectivity index (χ2v) is 7.17. The molecule has 1 fully saturated rings. The Morgan fingerprint density at radius 3 is 2.91 bits per heavy atom. The highest BCUT2D eigenvalue weighted by Crippen LogP contribution is 2.30. The lowest BCUT2D eigenvalue weighted by Gasteiger charge is -2.14. The summed E-state index contributed by atoms with van der Waals surface area (Å²) < 4.78 is 5.32. The Kier molecular flexibility index (Phi) is 3.51. The molecule has 4 rings (SSSR count). The largest absolute Gasteiger partial charge is 0.337 e. The Hall–Kier alpha value is -1.99. The van der Waals surface area contributed by atoms with Crippen molar-refractivity contribution in [2.24, 2.45) is 0 Å². The number of nitrogens with zero attached hydrogens (tertiary/aromatic N) is 3. The molecule has 4 heterocycles. The van der Waals surface area contributed by atoms with Gasteiger partial charge in [-0.3, -0.25) is 4.79 Å². The number of hydrogen-bond donors (Lipinski definition) is 0. The summed E-state index contributed by atoms with van der Waals surface area (Å²) in [4.78, 5) is 20.6. The van der Waals surface area contributed by atoms with Crippen LogP contribution in [-0.4, -0.2) is 27.5 Å². The van der Waals surface area contributed by atoms with Crippen molar-refractivity contribution >= 4 is 28.6 Å². The minimum Gasteiger partial charge on any atom is -0.337 e. The van der Waals surface area contributed by atoms with E-state index in [2.05, 4.69) is 16.2 Å². The molecule has 5 nitrogen and oxygen atoms in total. The van der Waals surface area contributed by atoms with E-state index in [-0.39, 0.29) is 11.8 Å². The Labute approximate surface area is 135 Å². The van der Waals surface area contributed by atoms with Crippen LogP contribution in [0.5, 0.6) is 0 Å². The lowest BCUT2D eigenvalue weighted by molar-refractivity contribution is -0.128. The number of carbonyl (C=O) groups is 1. The highest BCUT2D eigenvalue weighted by Gasteiger charge is 2.33. The van der Waals surface area contributed by atoms with Gasteiger partial charge < -0.3 is 9.42 Å². The molecule has 3 aromatic heterocycles. The molecular formula is C15H13N3O2S2. The standard InChI is InChI=1S/C15H13N3O2S2/c19-13-7-10(8-18(13)9-11-3-1-5-21-11)14-16-15(20-17-14)12-4-2-6-22-12/h1-6,10H,7-9H2. The molecule has 0 aromatic carbocycles. The van der Waals surface area contributed by atoms with Crippen molar-refractivity contribution in [1.29, 1.82) is 0 Å². The van der Waals surface area contributed by atoms with Crippen molar-refractivity contribution in [3.63, 3.8) is 0 Å². The molecular weight excluding hydrogens is 318 g/mol. The number of rotatable bonds is 4. The first-order chi connectivity index (χ1) is 10.8. The first-order valence-electron chi connectivity index (χ1n) is 6.97. The third-order valence-corrected chi connectivity index (χ3v) is 5.40. The van der Waals surface area contributed by atoms with Crippen LogP contribution in [0.3, 0.4) is 0 Å². The Balaban J connectivity index is 1.49. The molecule has 0 saturated carbocycles. The van der Waals surface area contributed by atoms with Crippen LogP contribution >= 0.6 is 22.7 Å². The van der Waals surface area contributed by atoms with Gasteiger partial charge in [0.15, 0.2) is 5.82 Å². The molecule has 0 radical (unpaired) electrons. The molecule has 22 heavy (non-hydrogen) atoms. The summed E-state index contributed by atoms with van der Waals surface area (Å²) in [7, 11) is 0. The number of hydrogen-bond acceptors (Lipinski definition) is 6. The smallest absolute Gasteiger partial charge is 0.267 e. The van der Waals surface area contributed by atoms with Gasteiger partial charge in [-0.1, -0.05) is 17.3 Å². The fourth-order valence-electron chi connectivity index (χ4n) is 2.59. The van der Waals surface area contributed by atoms with E-state index in [1.807, 2.05) is 33.9 Å². The SMILES string of the molecule is O=C1CC(c2noc(-c3cccs3)n2)CN1Cc1cccs1. The zero-order valence-corrected chi connectivity index (χ0v) is 13.3. The summed E-state index contributed by atoms with van der Waals surface area (Å²) in [5.74, 6) is 1.34. The van der Waals surface area contributed by atoms with E-state index in [1.54, 1.807) is 22.7 Å². The average Bonchev–Trinajstić information content (AvgIpc) is 3.27. The van der Waals surface area contributed by atoms with Gasteiger partial charge in [-0.2, -0.15) is 4.98 Å². The number of amides is 1. The maximum Gasteiger partial charge on any atom is 0.267 e. The third kappa shape index (κ3) is 2.57. The van der Waals surface area contributed by atoms with Gasteiger partial charge in [-0.15, -0.1) is 22.7 Å². The molecule has 0 bridgehead atoms. The van der Waals surface area contributed by atoms with Gasteiger partial charge in [0.2, 0.25) is 5.91 Å². The molecule has 1 aliphatic rings. The van der Waals surface area contributed by atoms with Crippen LogP contribution in [0.1, 0.15) is 23.0 Å². The van der Waals surface area contributed by atoms with Gasteiger partial charge in [0.05, 0.1) is 11.4 Å². The molecule has 7 heteroatoms. The number of aromatic nitrogens is 2. The summed E-state index contributed by atoms with van der Waals surface area (Å²) in [6.45, 7) is 1.32. The molecule has 0 aliphatic carbocycles. The van der Waals surface area contributed by atoms with Crippen LogP contribution in [0.4, 0.5) is 0 Å². The van der Waals surface area contributed by atoms with E-state index >= 15 is 0 Å². The predicted molar refractivity (Wildman–Crippen MR) is 84.7 cm³/mol. The first-order valence-corrected chi connectivity index (χ1v) is 8.73. The van der Waals surface area contributed by atoms with Gasteiger partial charge in [0.25, 0.3) is 5.89 Å². The highest BCUT2D eigenvalue weighted by molar-refractivity contribution is 7.13. The maximum absolute atomic E-state index is 12.2. The van der Waals surface area contributed by atoms with E-state index in [0.29, 0.717) is 31.2 Å². The van der Waals surface area contributed by atoms with Crippen LogP contribution in [0, 0.1) is 0 Å². The average molecular weight is 331 g/mol. The van der Waals surface area contributed by atoms with Gasteiger partial charge >= 0.3 is 0 Å². The molecule has 1 unspecified atom stereocenters. The minimum absolute atomic E-state index is 0.0184.